The van der Waals surface area contributed by atoms with Crippen LogP contribution in [0.3, 0.4) is 0 Å². The van der Waals surface area contributed by atoms with E-state index in [1.54, 1.807) is 22.7 Å². The third kappa shape index (κ3) is 3.81. The summed E-state index contributed by atoms with van der Waals surface area (Å²) in [5, 5.41) is 9.99. The van der Waals surface area contributed by atoms with Crippen molar-refractivity contribution >= 4 is 54.5 Å². The molecule has 4 aromatic rings. The van der Waals surface area contributed by atoms with Gasteiger partial charge in [-0.05, 0) is 62.0 Å². The number of rotatable bonds is 2. The number of thiazole rings is 1. The van der Waals surface area contributed by atoms with Crippen molar-refractivity contribution in [3.63, 3.8) is 0 Å². The first-order valence-electron chi connectivity index (χ1n) is 8.45. The van der Waals surface area contributed by atoms with Crippen LogP contribution in [0.25, 0.3) is 20.4 Å². The van der Waals surface area contributed by atoms with Crippen LogP contribution in [0.5, 0.6) is 0 Å². The first-order valence-corrected chi connectivity index (χ1v) is 10.2. The number of aromatic nitrogens is 2. The molecule has 1 aromatic carbocycles. The van der Waals surface area contributed by atoms with E-state index in [9.17, 15) is 0 Å². The van der Waals surface area contributed by atoms with Crippen LogP contribution < -0.4 is 10.6 Å². The first-order chi connectivity index (χ1) is 12.3. The van der Waals surface area contributed by atoms with Crippen molar-refractivity contribution < 1.29 is 0 Å². The molecule has 0 spiro atoms. The number of anilines is 2. The van der Waals surface area contributed by atoms with E-state index in [-0.39, 0.29) is 0 Å². The topological polar surface area (TPSA) is 49.8 Å². The molecule has 0 bridgehead atoms. The van der Waals surface area contributed by atoms with Gasteiger partial charge in [0.25, 0.3) is 0 Å². The fraction of sp³-hybridized carbons (Fsp3) is 0.263. The van der Waals surface area contributed by atoms with E-state index in [4.69, 9.17) is 0 Å². The van der Waals surface area contributed by atoms with Gasteiger partial charge in [0, 0.05) is 23.3 Å². The van der Waals surface area contributed by atoms with Gasteiger partial charge in [0.05, 0.1) is 21.4 Å². The van der Waals surface area contributed by atoms with Crippen molar-refractivity contribution in [1.29, 1.82) is 0 Å². The van der Waals surface area contributed by atoms with E-state index in [0.29, 0.717) is 0 Å². The Bertz CT molecular complexity index is 970. The number of pyridine rings is 1. The van der Waals surface area contributed by atoms with Crippen LogP contribution in [0.1, 0.15) is 19.8 Å². The van der Waals surface area contributed by atoms with Crippen LogP contribution in [0, 0.1) is 0 Å². The minimum absolute atomic E-state index is 0.796. The van der Waals surface area contributed by atoms with Crippen LogP contribution in [-0.2, 0) is 0 Å². The quantitative estimate of drug-likeness (QED) is 0.497. The molecule has 2 N–H and O–H groups in total. The Balaban J connectivity index is 0.000000223. The van der Waals surface area contributed by atoms with Crippen LogP contribution in [0.2, 0.25) is 0 Å². The molecule has 128 valence electrons. The molecule has 1 saturated heterocycles. The maximum atomic E-state index is 4.35. The maximum Gasteiger partial charge on any atom is 0.125 e. The van der Waals surface area contributed by atoms with Gasteiger partial charge >= 0.3 is 0 Å². The first kappa shape index (κ1) is 16.4. The second kappa shape index (κ2) is 7.47. The molecule has 0 amide bonds. The number of hydrogen-bond donors (Lipinski definition) is 2. The molecule has 3 aromatic heterocycles. The number of hydrogen-bond acceptors (Lipinski definition) is 6. The molecule has 1 unspecified atom stereocenters. The smallest absolute Gasteiger partial charge is 0.125 e. The molecule has 4 heterocycles. The minimum Gasteiger partial charge on any atom is -0.355 e. The fourth-order valence-corrected chi connectivity index (χ4v) is 4.35. The average molecular weight is 369 g/mol. The number of nitrogens with one attached hydrogen (secondary N) is 2. The van der Waals surface area contributed by atoms with E-state index >= 15 is 0 Å². The lowest BCUT2D eigenvalue weighted by molar-refractivity contribution is 0.664. The maximum absolute atomic E-state index is 4.35. The summed E-state index contributed by atoms with van der Waals surface area (Å²) in [6.45, 7) is 3.47. The van der Waals surface area contributed by atoms with Crippen molar-refractivity contribution in [2.24, 2.45) is 0 Å². The molecule has 5 rings (SSSR count). The molecule has 1 aliphatic heterocycles. The summed E-state index contributed by atoms with van der Waals surface area (Å²) in [7, 11) is 0. The molecular formula is C19H20N4S2. The van der Waals surface area contributed by atoms with E-state index in [0.717, 1.165) is 33.1 Å². The van der Waals surface area contributed by atoms with Gasteiger partial charge in [0.15, 0.2) is 0 Å². The summed E-state index contributed by atoms with van der Waals surface area (Å²) >= 11 is 3.31. The highest BCUT2D eigenvalue weighted by Crippen LogP contribution is 2.29. The number of thiophene rings is 1. The normalized spacial score (nSPS) is 16.8. The summed E-state index contributed by atoms with van der Waals surface area (Å²) in [4.78, 5) is 9.75. The lowest BCUT2D eigenvalue weighted by Gasteiger charge is -2.07. The van der Waals surface area contributed by atoms with Gasteiger partial charge in [-0.15, -0.1) is 22.7 Å². The van der Waals surface area contributed by atoms with Gasteiger partial charge in [-0.1, -0.05) is 0 Å². The Morgan fingerprint density at radius 1 is 1.16 bits per heavy atom. The number of fused-ring (bicyclic) bond motifs is 2. The van der Waals surface area contributed by atoms with E-state index in [2.05, 4.69) is 57.2 Å². The predicted octanol–water partition coefficient (Wildman–Crippen LogP) is 5.41. The zero-order valence-electron chi connectivity index (χ0n) is 14.0. The van der Waals surface area contributed by atoms with Gasteiger partial charge in [-0.3, -0.25) is 0 Å². The molecule has 1 aliphatic rings. The Morgan fingerprint density at radius 3 is 2.92 bits per heavy atom. The van der Waals surface area contributed by atoms with Gasteiger partial charge in [0.1, 0.15) is 4.83 Å². The third-order valence-corrected chi connectivity index (χ3v) is 5.91. The lowest BCUT2D eigenvalue weighted by Crippen LogP contribution is -2.16. The van der Waals surface area contributed by atoms with Crippen molar-refractivity contribution in [3.8, 4) is 0 Å². The van der Waals surface area contributed by atoms with Crippen molar-refractivity contribution in [2.75, 3.05) is 11.9 Å². The van der Waals surface area contributed by atoms with Crippen molar-refractivity contribution in [3.05, 3.63) is 47.4 Å². The monoisotopic (exact) mass is 368 g/mol. The Kier molecular flexibility index (Phi) is 4.92. The van der Waals surface area contributed by atoms with E-state index < -0.39 is 0 Å². The van der Waals surface area contributed by atoms with Crippen LogP contribution in [-0.4, -0.2) is 22.6 Å². The van der Waals surface area contributed by atoms with Crippen molar-refractivity contribution in [2.45, 2.75) is 25.8 Å². The molecule has 0 aliphatic carbocycles. The summed E-state index contributed by atoms with van der Waals surface area (Å²) in [6.07, 6.45) is 4.59. The SMILES string of the molecule is CC1CCCN1.c1cc(Nc2ccc3scnc3c2)c2ccsc2n1. The highest BCUT2D eigenvalue weighted by Gasteiger charge is 2.06. The molecule has 1 fully saturated rings. The van der Waals surface area contributed by atoms with E-state index in [1.807, 2.05) is 17.8 Å². The zero-order valence-corrected chi connectivity index (χ0v) is 15.7. The standard InChI is InChI=1S/C14H9N3S2.C5H11N/c1-2-13-12(16-8-19-13)7-9(1)17-11-3-5-15-14-10(11)4-6-18-14;1-5-3-2-4-6-5/h1-8H,(H,15,17);5-6H,2-4H2,1H3. The highest BCUT2D eigenvalue weighted by atomic mass is 32.1. The molecule has 0 radical (unpaired) electrons. The highest BCUT2D eigenvalue weighted by molar-refractivity contribution is 7.17. The molecule has 0 saturated carbocycles. The van der Waals surface area contributed by atoms with Crippen molar-refractivity contribution in [1.82, 2.24) is 15.3 Å². The number of benzene rings is 1. The van der Waals surface area contributed by atoms with Gasteiger partial charge in [-0.2, -0.15) is 0 Å². The number of nitrogens with zero attached hydrogens (tertiary/aromatic N) is 2. The minimum atomic E-state index is 0.796. The summed E-state index contributed by atoms with van der Waals surface area (Å²) in [5.74, 6) is 0. The second-order valence-corrected chi connectivity index (χ2v) is 7.94. The molecular weight excluding hydrogens is 348 g/mol. The largest absolute Gasteiger partial charge is 0.355 e. The van der Waals surface area contributed by atoms with Crippen LogP contribution in [0.4, 0.5) is 11.4 Å². The Morgan fingerprint density at radius 2 is 2.12 bits per heavy atom. The molecule has 4 nitrogen and oxygen atoms in total. The predicted molar refractivity (Wildman–Crippen MR) is 109 cm³/mol. The zero-order chi connectivity index (χ0) is 17.1. The summed E-state index contributed by atoms with van der Waals surface area (Å²) in [5.41, 5.74) is 5.04. The summed E-state index contributed by atoms with van der Waals surface area (Å²) < 4.78 is 1.21. The fourth-order valence-electron chi connectivity index (χ4n) is 2.93. The third-order valence-electron chi connectivity index (χ3n) is 4.28. The summed E-state index contributed by atoms with van der Waals surface area (Å²) in [6, 6.07) is 11.1. The average Bonchev–Trinajstić information content (AvgIpc) is 3.36. The van der Waals surface area contributed by atoms with Crippen LogP contribution >= 0.6 is 22.7 Å². The Hall–Kier alpha value is -2.02. The van der Waals surface area contributed by atoms with Crippen LogP contribution in [0.15, 0.2) is 47.4 Å². The molecule has 1 atom stereocenters. The van der Waals surface area contributed by atoms with Gasteiger partial charge < -0.3 is 10.6 Å². The second-order valence-electron chi connectivity index (χ2n) is 6.16. The van der Waals surface area contributed by atoms with Gasteiger partial charge in [-0.25, -0.2) is 9.97 Å². The molecule has 6 heteroatoms. The Labute approximate surface area is 154 Å². The van der Waals surface area contributed by atoms with Gasteiger partial charge in [0.2, 0.25) is 0 Å². The van der Waals surface area contributed by atoms with E-state index in [1.165, 1.54) is 24.1 Å². The molecule has 25 heavy (non-hydrogen) atoms. The lowest BCUT2D eigenvalue weighted by atomic mass is 10.2.